The van der Waals surface area contributed by atoms with Crippen molar-refractivity contribution in [3.63, 3.8) is 0 Å². The zero-order valence-electron chi connectivity index (χ0n) is 10.6. The summed E-state index contributed by atoms with van der Waals surface area (Å²) < 4.78 is 23.7. The van der Waals surface area contributed by atoms with Crippen LogP contribution in [-0.4, -0.2) is 16.4 Å². The third-order valence-corrected chi connectivity index (χ3v) is 5.72. The van der Waals surface area contributed by atoms with Gasteiger partial charge in [-0.2, -0.15) is 4.39 Å². The summed E-state index contributed by atoms with van der Waals surface area (Å²) in [5.41, 5.74) is 0.816. The summed E-state index contributed by atoms with van der Waals surface area (Å²) in [5, 5.41) is 7.71. The number of hydrogen-bond acceptors (Lipinski definition) is 3. The maximum Gasteiger partial charge on any atom is 0.242 e. The molecular weight excluding hydrogens is 343 g/mol. The van der Waals surface area contributed by atoms with Gasteiger partial charge in [0, 0.05) is 26.5 Å². The van der Waals surface area contributed by atoms with Crippen molar-refractivity contribution in [2.75, 3.05) is 6.61 Å². The highest BCUT2D eigenvalue weighted by Gasteiger charge is 2.22. The van der Waals surface area contributed by atoms with E-state index < -0.39 is 5.95 Å². The normalized spacial score (nSPS) is 20.0. The lowest BCUT2D eigenvalue weighted by atomic mass is 10.1. The summed E-state index contributed by atoms with van der Waals surface area (Å²) in [6.45, 7) is 0.723. The van der Waals surface area contributed by atoms with Gasteiger partial charge in [0.1, 0.15) is 0 Å². The molecule has 1 aromatic carbocycles. The second-order valence-electron chi connectivity index (χ2n) is 4.98. The predicted molar refractivity (Wildman–Crippen MR) is 81.6 cm³/mol. The van der Waals surface area contributed by atoms with E-state index in [1.54, 1.807) is 4.68 Å². The summed E-state index contributed by atoms with van der Waals surface area (Å²) in [7, 11) is 0. The highest BCUT2D eigenvalue weighted by molar-refractivity contribution is 9.10. The Labute approximate surface area is 127 Å². The predicted octanol–water partition coefficient (Wildman–Crippen LogP) is 4.85. The molecule has 1 unspecified atom stereocenters. The molecule has 1 fully saturated rings. The number of fused-ring (bicyclic) bond motifs is 3. The molecule has 4 rings (SSSR count). The van der Waals surface area contributed by atoms with Gasteiger partial charge in [-0.25, -0.2) is 4.68 Å². The Bertz CT molecular complexity index is 791. The Morgan fingerprint density at radius 3 is 3.10 bits per heavy atom. The van der Waals surface area contributed by atoms with Gasteiger partial charge in [-0.3, -0.25) is 0 Å². The van der Waals surface area contributed by atoms with Crippen LogP contribution >= 0.6 is 27.3 Å². The second kappa shape index (κ2) is 4.79. The molecule has 0 aliphatic carbocycles. The number of hydrogen-bond donors (Lipinski definition) is 0. The summed E-state index contributed by atoms with van der Waals surface area (Å²) in [5.74, 6) is -0.408. The average Bonchev–Trinajstić information content (AvgIpc) is 3.01. The highest BCUT2D eigenvalue weighted by Crippen LogP contribution is 2.38. The number of rotatable bonds is 1. The van der Waals surface area contributed by atoms with Crippen molar-refractivity contribution in [2.24, 2.45) is 0 Å². The van der Waals surface area contributed by atoms with Crippen LogP contribution in [0.25, 0.3) is 21.0 Å². The van der Waals surface area contributed by atoms with Gasteiger partial charge in [0.15, 0.2) is 6.23 Å². The fourth-order valence-electron chi connectivity index (χ4n) is 2.78. The Kier molecular flexibility index (Phi) is 3.05. The van der Waals surface area contributed by atoms with E-state index in [4.69, 9.17) is 4.74 Å². The van der Waals surface area contributed by atoms with Crippen molar-refractivity contribution in [1.82, 2.24) is 9.78 Å². The number of aromatic nitrogens is 2. The van der Waals surface area contributed by atoms with E-state index in [1.165, 1.54) is 11.3 Å². The van der Waals surface area contributed by atoms with Crippen molar-refractivity contribution in [3.05, 3.63) is 27.9 Å². The zero-order valence-corrected chi connectivity index (χ0v) is 13.0. The van der Waals surface area contributed by atoms with Crippen LogP contribution in [0.15, 0.2) is 22.0 Å². The summed E-state index contributed by atoms with van der Waals surface area (Å²) >= 11 is 5.03. The molecule has 3 heterocycles. The lowest BCUT2D eigenvalue weighted by molar-refractivity contribution is -0.0375. The third-order valence-electron chi connectivity index (χ3n) is 3.75. The first-order valence-electron chi connectivity index (χ1n) is 6.61. The molecule has 3 aromatic rings. The number of benzene rings is 1. The van der Waals surface area contributed by atoms with E-state index in [1.807, 2.05) is 17.5 Å². The van der Waals surface area contributed by atoms with E-state index in [2.05, 4.69) is 21.0 Å². The van der Waals surface area contributed by atoms with E-state index in [-0.39, 0.29) is 6.23 Å². The minimum Gasteiger partial charge on any atom is -0.356 e. The summed E-state index contributed by atoms with van der Waals surface area (Å²) in [4.78, 5) is 0. The maximum atomic E-state index is 14.3. The Balaban J connectivity index is 1.97. The minimum atomic E-state index is -0.408. The first kappa shape index (κ1) is 12.7. The van der Waals surface area contributed by atoms with Gasteiger partial charge in [0.25, 0.3) is 0 Å². The van der Waals surface area contributed by atoms with Crippen LogP contribution in [0, 0.1) is 5.95 Å². The molecular formula is C14H12BrFN2OS. The molecule has 104 valence electrons. The Morgan fingerprint density at radius 2 is 2.30 bits per heavy atom. The van der Waals surface area contributed by atoms with Gasteiger partial charge in [-0.1, -0.05) is 6.07 Å². The van der Waals surface area contributed by atoms with Crippen molar-refractivity contribution < 1.29 is 9.13 Å². The van der Waals surface area contributed by atoms with E-state index in [9.17, 15) is 4.39 Å². The van der Waals surface area contributed by atoms with Crippen molar-refractivity contribution in [2.45, 2.75) is 25.5 Å². The summed E-state index contributed by atoms with van der Waals surface area (Å²) in [6, 6.07) is 3.95. The van der Waals surface area contributed by atoms with Gasteiger partial charge >= 0.3 is 0 Å². The average molecular weight is 355 g/mol. The molecule has 1 aliphatic heterocycles. The largest absolute Gasteiger partial charge is 0.356 e. The van der Waals surface area contributed by atoms with Gasteiger partial charge < -0.3 is 4.74 Å². The number of thiophene rings is 1. The molecule has 0 saturated carbocycles. The van der Waals surface area contributed by atoms with Crippen molar-refractivity contribution in [3.8, 4) is 0 Å². The molecule has 0 bridgehead atoms. The van der Waals surface area contributed by atoms with Gasteiger partial charge in [-0.15, -0.1) is 16.4 Å². The number of ether oxygens (including phenoxy) is 1. The fraction of sp³-hybridized carbons (Fsp3) is 0.357. The smallest absolute Gasteiger partial charge is 0.242 e. The first-order chi connectivity index (χ1) is 9.75. The topological polar surface area (TPSA) is 27.1 Å². The second-order valence-corrected chi connectivity index (χ2v) is 6.71. The van der Waals surface area contributed by atoms with Crippen molar-refractivity contribution >= 4 is 48.3 Å². The fourth-order valence-corrected chi connectivity index (χ4v) is 4.48. The molecule has 1 aliphatic rings. The summed E-state index contributed by atoms with van der Waals surface area (Å²) in [6.07, 6.45) is 2.92. The molecule has 0 spiro atoms. The van der Waals surface area contributed by atoms with E-state index >= 15 is 0 Å². The van der Waals surface area contributed by atoms with Crippen LogP contribution in [0.5, 0.6) is 0 Å². The van der Waals surface area contributed by atoms with Gasteiger partial charge in [0.05, 0.1) is 10.9 Å². The van der Waals surface area contributed by atoms with E-state index in [0.29, 0.717) is 5.39 Å². The first-order valence-corrected chi connectivity index (χ1v) is 8.28. The van der Waals surface area contributed by atoms with Crippen LogP contribution in [0.3, 0.4) is 0 Å². The lowest BCUT2D eigenvalue weighted by Crippen LogP contribution is -2.19. The molecule has 6 heteroatoms. The molecule has 20 heavy (non-hydrogen) atoms. The molecule has 3 nitrogen and oxygen atoms in total. The Hall–Kier alpha value is -0.980. The van der Waals surface area contributed by atoms with Gasteiger partial charge in [-0.05, 0) is 41.3 Å². The van der Waals surface area contributed by atoms with E-state index in [0.717, 1.165) is 45.9 Å². The Morgan fingerprint density at radius 1 is 1.40 bits per heavy atom. The number of nitrogens with zero attached hydrogens (tertiary/aromatic N) is 2. The van der Waals surface area contributed by atoms with Crippen LogP contribution in [0.1, 0.15) is 25.5 Å². The molecule has 0 radical (unpaired) electrons. The van der Waals surface area contributed by atoms with Crippen LogP contribution in [-0.2, 0) is 4.74 Å². The van der Waals surface area contributed by atoms with Crippen LogP contribution in [0.4, 0.5) is 4.39 Å². The number of halogens is 2. The zero-order chi connectivity index (χ0) is 13.7. The molecule has 0 N–H and O–H groups in total. The van der Waals surface area contributed by atoms with Crippen LogP contribution < -0.4 is 0 Å². The van der Waals surface area contributed by atoms with Crippen molar-refractivity contribution in [1.29, 1.82) is 0 Å². The quantitative estimate of drug-likeness (QED) is 0.624. The molecule has 1 atom stereocenters. The maximum absolute atomic E-state index is 14.3. The van der Waals surface area contributed by atoms with Gasteiger partial charge in [0.2, 0.25) is 5.95 Å². The molecule has 0 amide bonds. The molecule has 2 aromatic heterocycles. The minimum absolute atomic E-state index is 0.142. The SMILES string of the molecule is Fc1nn(C2CCCCO2)c2ccc3c(Br)csc3c12. The monoisotopic (exact) mass is 354 g/mol. The molecule has 1 saturated heterocycles. The standard InChI is InChI=1S/C14H12BrFN2OS/c15-9-7-20-13-8(9)4-5-10-12(13)14(16)17-18(10)11-3-1-2-6-19-11/h4-5,7,11H,1-3,6H2. The third kappa shape index (κ3) is 1.82. The lowest BCUT2D eigenvalue weighted by Gasteiger charge is -2.23. The van der Waals surface area contributed by atoms with Crippen LogP contribution in [0.2, 0.25) is 0 Å². The highest BCUT2D eigenvalue weighted by atomic mass is 79.9.